The number of hydrogen-bond acceptors (Lipinski definition) is 0. The van der Waals surface area contributed by atoms with E-state index in [9.17, 15) is 4.39 Å². The first-order chi connectivity index (χ1) is 8.19. The predicted molar refractivity (Wildman–Crippen MR) is 77.2 cm³/mol. The molecule has 1 aromatic carbocycles. The summed E-state index contributed by atoms with van der Waals surface area (Å²) >= 11 is 0. The van der Waals surface area contributed by atoms with Crippen molar-refractivity contribution in [3.05, 3.63) is 35.1 Å². The van der Waals surface area contributed by atoms with Gasteiger partial charge >= 0.3 is 0 Å². The molecule has 0 heterocycles. The van der Waals surface area contributed by atoms with Crippen molar-refractivity contribution in [2.24, 2.45) is 0 Å². The summed E-state index contributed by atoms with van der Waals surface area (Å²) in [6, 6.07) is 5.13. The van der Waals surface area contributed by atoms with Crippen LogP contribution in [0, 0.1) is 5.82 Å². The van der Waals surface area contributed by atoms with Gasteiger partial charge in [0.05, 0.1) is 0 Å². The molecule has 0 aromatic heterocycles. The molecule has 1 aromatic rings. The third kappa shape index (κ3) is 6.45. The zero-order valence-corrected chi connectivity index (χ0v) is 12.6. The van der Waals surface area contributed by atoms with Crippen LogP contribution in [0.25, 0.3) is 0 Å². The van der Waals surface area contributed by atoms with Gasteiger partial charge in [-0.25, -0.2) is 4.39 Å². The van der Waals surface area contributed by atoms with Gasteiger partial charge in [0, 0.05) is 0 Å². The molecule has 0 aliphatic heterocycles. The Morgan fingerprint density at radius 1 is 1.06 bits per heavy atom. The topological polar surface area (TPSA) is 0 Å². The fourth-order valence-corrected chi connectivity index (χ4v) is 1.58. The van der Waals surface area contributed by atoms with Gasteiger partial charge in [-0.1, -0.05) is 54.5 Å². The molecule has 0 aliphatic carbocycles. The predicted octanol–water partition coefficient (Wildman–Crippen LogP) is 5.95. The van der Waals surface area contributed by atoms with Crippen LogP contribution in [0.3, 0.4) is 0 Å². The van der Waals surface area contributed by atoms with Crippen LogP contribution in [0.15, 0.2) is 18.2 Å². The normalized spacial score (nSPS) is 10.6. The van der Waals surface area contributed by atoms with E-state index in [1.54, 1.807) is 12.1 Å². The van der Waals surface area contributed by atoms with Crippen LogP contribution in [-0.2, 0) is 6.42 Å². The largest absolute Gasteiger partial charge is 0.207 e. The van der Waals surface area contributed by atoms with E-state index in [0.717, 1.165) is 18.4 Å². The highest BCUT2D eigenvalue weighted by molar-refractivity contribution is 5.30. The molecule has 1 unspecified atom stereocenters. The van der Waals surface area contributed by atoms with Crippen molar-refractivity contribution < 1.29 is 4.39 Å². The van der Waals surface area contributed by atoms with E-state index >= 15 is 0 Å². The van der Waals surface area contributed by atoms with Crippen molar-refractivity contribution in [2.45, 2.75) is 67.2 Å². The lowest BCUT2D eigenvalue weighted by molar-refractivity contribution is 0.621. The summed E-state index contributed by atoms with van der Waals surface area (Å²) in [5.41, 5.74) is 2.45. The SMILES string of the molecule is CC.CC.CCc1cc(F)ccc1C(C)CC. The number of aryl methyl sites for hydroxylation is 1. The van der Waals surface area contributed by atoms with Crippen molar-refractivity contribution >= 4 is 0 Å². The molecule has 0 bridgehead atoms. The maximum Gasteiger partial charge on any atom is 0.123 e. The van der Waals surface area contributed by atoms with Crippen molar-refractivity contribution in [3.63, 3.8) is 0 Å². The first kappa shape index (κ1) is 18.5. The average Bonchev–Trinajstić information content (AvgIpc) is 2.42. The van der Waals surface area contributed by atoms with E-state index in [0.29, 0.717) is 5.92 Å². The molecule has 1 rings (SSSR count). The van der Waals surface area contributed by atoms with Crippen LogP contribution in [0.4, 0.5) is 4.39 Å². The molecule has 0 aliphatic rings. The molecule has 0 saturated heterocycles. The van der Waals surface area contributed by atoms with Gasteiger partial charge in [0.25, 0.3) is 0 Å². The van der Waals surface area contributed by atoms with E-state index in [1.807, 2.05) is 33.8 Å². The highest BCUT2D eigenvalue weighted by Gasteiger charge is 2.08. The summed E-state index contributed by atoms with van der Waals surface area (Å²) < 4.78 is 12.9. The zero-order chi connectivity index (χ0) is 13.8. The van der Waals surface area contributed by atoms with Gasteiger partial charge in [0.1, 0.15) is 5.82 Å². The fraction of sp³-hybridized carbons (Fsp3) is 0.625. The van der Waals surface area contributed by atoms with E-state index in [1.165, 1.54) is 5.56 Å². The number of benzene rings is 1. The van der Waals surface area contributed by atoms with Gasteiger partial charge in [-0.2, -0.15) is 0 Å². The Morgan fingerprint density at radius 2 is 1.59 bits per heavy atom. The summed E-state index contributed by atoms with van der Waals surface area (Å²) in [7, 11) is 0. The Morgan fingerprint density at radius 3 is 2.00 bits per heavy atom. The maximum absolute atomic E-state index is 12.9. The summed E-state index contributed by atoms with van der Waals surface area (Å²) in [6.07, 6.45) is 2.02. The number of rotatable bonds is 3. The molecular formula is C16H29F. The van der Waals surface area contributed by atoms with Gasteiger partial charge in [-0.15, -0.1) is 0 Å². The summed E-state index contributed by atoms with van der Waals surface area (Å²) in [5, 5.41) is 0. The summed E-state index contributed by atoms with van der Waals surface area (Å²) in [5.74, 6) is 0.416. The quantitative estimate of drug-likeness (QED) is 0.612. The van der Waals surface area contributed by atoms with Crippen molar-refractivity contribution in [1.29, 1.82) is 0 Å². The second-order valence-electron chi connectivity index (χ2n) is 3.51. The molecule has 17 heavy (non-hydrogen) atoms. The Bertz CT molecular complexity index is 279. The van der Waals surface area contributed by atoms with Gasteiger partial charge in [-0.3, -0.25) is 0 Å². The van der Waals surface area contributed by atoms with Crippen LogP contribution < -0.4 is 0 Å². The molecule has 0 amide bonds. The minimum absolute atomic E-state index is 0.121. The average molecular weight is 240 g/mol. The highest BCUT2D eigenvalue weighted by Crippen LogP contribution is 2.23. The van der Waals surface area contributed by atoms with E-state index < -0.39 is 0 Å². The minimum Gasteiger partial charge on any atom is -0.207 e. The van der Waals surface area contributed by atoms with Gasteiger partial charge in [0.15, 0.2) is 0 Å². The Balaban J connectivity index is 0. The Labute approximate surface area is 107 Å². The molecule has 0 N–H and O–H groups in total. The smallest absolute Gasteiger partial charge is 0.123 e. The van der Waals surface area contributed by atoms with Crippen molar-refractivity contribution in [2.75, 3.05) is 0 Å². The first-order valence-electron chi connectivity index (χ1n) is 6.97. The van der Waals surface area contributed by atoms with Crippen LogP contribution >= 0.6 is 0 Å². The highest BCUT2D eigenvalue weighted by atomic mass is 19.1. The molecule has 1 heteroatoms. The van der Waals surface area contributed by atoms with Crippen LogP contribution in [0.2, 0.25) is 0 Å². The monoisotopic (exact) mass is 240 g/mol. The lowest BCUT2D eigenvalue weighted by Crippen LogP contribution is -1.98. The third-order valence-corrected chi connectivity index (χ3v) is 2.63. The van der Waals surface area contributed by atoms with E-state index in [2.05, 4.69) is 20.8 Å². The zero-order valence-electron chi connectivity index (χ0n) is 12.6. The van der Waals surface area contributed by atoms with Gasteiger partial charge in [0.2, 0.25) is 0 Å². The van der Waals surface area contributed by atoms with Crippen LogP contribution in [-0.4, -0.2) is 0 Å². The van der Waals surface area contributed by atoms with Crippen LogP contribution in [0.1, 0.15) is 71.9 Å². The lowest BCUT2D eigenvalue weighted by atomic mass is 9.92. The maximum atomic E-state index is 12.9. The molecule has 0 saturated carbocycles. The molecule has 0 radical (unpaired) electrons. The lowest BCUT2D eigenvalue weighted by Gasteiger charge is -2.13. The van der Waals surface area contributed by atoms with Gasteiger partial charge in [-0.05, 0) is 42.0 Å². The Kier molecular flexibility index (Phi) is 12.7. The second-order valence-corrected chi connectivity index (χ2v) is 3.51. The standard InChI is InChI=1S/C12H17F.2C2H6/c1-4-9(3)12-7-6-11(13)8-10(12)5-2;2*1-2/h6-9H,4-5H2,1-3H3;2*1-2H3. The van der Waals surface area contributed by atoms with Gasteiger partial charge < -0.3 is 0 Å². The number of halogens is 1. The molecule has 0 fully saturated rings. The molecule has 0 nitrogen and oxygen atoms in total. The summed E-state index contributed by atoms with van der Waals surface area (Å²) in [4.78, 5) is 0. The fourth-order valence-electron chi connectivity index (χ4n) is 1.58. The minimum atomic E-state index is -0.121. The molecule has 100 valence electrons. The Hall–Kier alpha value is -0.850. The third-order valence-electron chi connectivity index (χ3n) is 2.63. The number of hydrogen-bond donors (Lipinski definition) is 0. The molecule has 0 spiro atoms. The summed E-state index contributed by atoms with van der Waals surface area (Å²) in [6.45, 7) is 14.4. The molecular weight excluding hydrogens is 211 g/mol. The van der Waals surface area contributed by atoms with Crippen molar-refractivity contribution in [3.8, 4) is 0 Å². The first-order valence-corrected chi connectivity index (χ1v) is 6.97. The van der Waals surface area contributed by atoms with E-state index in [-0.39, 0.29) is 5.82 Å². The second kappa shape index (κ2) is 11.6. The molecule has 1 atom stereocenters. The van der Waals surface area contributed by atoms with E-state index in [4.69, 9.17) is 0 Å². The van der Waals surface area contributed by atoms with Crippen molar-refractivity contribution in [1.82, 2.24) is 0 Å². The van der Waals surface area contributed by atoms with Crippen LogP contribution in [0.5, 0.6) is 0 Å².